The molecule has 0 saturated heterocycles. The second-order valence-corrected chi connectivity index (χ2v) is 4.11. The molecule has 0 spiro atoms. The molecule has 0 bridgehead atoms. The normalized spacial score (nSPS) is 24.6. The molecule has 66 valence electrons. The van der Waals surface area contributed by atoms with Gasteiger partial charge in [0, 0.05) is 0 Å². The van der Waals surface area contributed by atoms with Gasteiger partial charge in [-0.25, -0.2) is 0 Å². The zero-order chi connectivity index (χ0) is 8.39. The smallest absolute Gasteiger partial charge is 0.0130 e. The van der Waals surface area contributed by atoms with Crippen LogP contribution in [0.1, 0.15) is 51.9 Å². The first-order chi connectivity index (χ1) is 5.88. The molecule has 0 unspecified atom stereocenters. The predicted molar refractivity (Wildman–Crippen MR) is 53.1 cm³/mol. The molecule has 0 radical (unpaired) electrons. The largest absolute Gasteiger partial charge is 0.0770 e. The van der Waals surface area contributed by atoms with Gasteiger partial charge in [-0.15, -0.1) is 0 Å². The van der Waals surface area contributed by atoms with Gasteiger partial charge in [-0.3, -0.25) is 0 Å². The van der Waals surface area contributed by atoms with Gasteiger partial charge >= 0.3 is 0 Å². The van der Waals surface area contributed by atoms with E-state index in [4.69, 9.17) is 0 Å². The van der Waals surface area contributed by atoms with E-state index in [9.17, 15) is 0 Å². The fraction of sp³-hybridized carbons (Fsp3) is 0.667. The summed E-state index contributed by atoms with van der Waals surface area (Å²) in [4.78, 5) is 0. The molecule has 2 aliphatic carbocycles. The van der Waals surface area contributed by atoms with Crippen LogP contribution in [-0.4, -0.2) is 0 Å². The highest BCUT2D eigenvalue weighted by Crippen LogP contribution is 2.34. The number of allylic oxidation sites excluding steroid dienone is 4. The van der Waals surface area contributed by atoms with E-state index in [-0.39, 0.29) is 0 Å². The van der Waals surface area contributed by atoms with E-state index >= 15 is 0 Å². The highest BCUT2D eigenvalue weighted by atomic mass is 14.2. The quantitative estimate of drug-likeness (QED) is 0.505. The molecule has 0 atom stereocenters. The van der Waals surface area contributed by atoms with Gasteiger partial charge in [0.1, 0.15) is 0 Å². The molecule has 0 aromatic rings. The summed E-state index contributed by atoms with van der Waals surface area (Å²) in [6.07, 6.45) is 12.1. The number of rotatable bonds is 0. The van der Waals surface area contributed by atoms with Crippen LogP contribution in [0.2, 0.25) is 0 Å². The summed E-state index contributed by atoms with van der Waals surface area (Å²) >= 11 is 0. The molecule has 1 fully saturated rings. The molecule has 0 aromatic heterocycles. The van der Waals surface area contributed by atoms with E-state index < -0.39 is 0 Å². The minimum atomic E-state index is 1.24. The van der Waals surface area contributed by atoms with Gasteiger partial charge < -0.3 is 0 Å². The topological polar surface area (TPSA) is 0 Å². The Balaban J connectivity index is 2.15. The molecule has 0 heteroatoms. The molecule has 0 amide bonds. The van der Waals surface area contributed by atoms with E-state index in [2.05, 4.69) is 13.0 Å². The van der Waals surface area contributed by atoms with Crippen molar-refractivity contribution in [2.45, 2.75) is 51.9 Å². The Labute approximate surface area is 75.4 Å². The number of hydrogen-bond donors (Lipinski definition) is 0. The maximum Gasteiger partial charge on any atom is -0.0130 e. The van der Waals surface area contributed by atoms with Gasteiger partial charge in [0.2, 0.25) is 0 Å². The maximum absolute atomic E-state index is 2.45. The second-order valence-electron chi connectivity index (χ2n) is 4.11. The van der Waals surface area contributed by atoms with Crippen molar-refractivity contribution in [3.05, 3.63) is 22.8 Å². The summed E-state index contributed by atoms with van der Waals surface area (Å²) in [6, 6.07) is 0. The maximum atomic E-state index is 2.45. The molecule has 2 aliphatic rings. The fourth-order valence-corrected chi connectivity index (χ4v) is 2.39. The Morgan fingerprint density at radius 2 is 1.75 bits per heavy atom. The van der Waals surface area contributed by atoms with Gasteiger partial charge in [-0.1, -0.05) is 24.5 Å². The fourth-order valence-electron chi connectivity index (χ4n) is 2.39. The molecular formula is C12H18. The van der Waals surface area contributed by atoms with Crippen molar-refractivity contribution < 1.29 is 0 Å². The first-order valence-electron chi connectivity index (χ1n) is 5.26. The van der Waals surface area contributed by atoms with Crippen molar-refractivity contribution >= 4 is 0 Å². The summed E-state index contributed by atoms with van der Waals surface area (Å²) in [7, 11) is 0. The Hall–Kier alpha value is -0.520. The average molecular weight is 162 g/mol. The first-order valence-corrected chi connectivity index (χ1v) is 5.26. The third-order valence-corrected chi connectivity index (χ3v) is 3.18. The summed E-state index contributed by atoms with van der Waals surface area (Å²) in [6.45, 7) is 2.31. The van der Waals surface area contributed by atoms with Crippen LogP contribution in [0.3, 0.4) is 0 Å². The highest BCUT2D eigenvalue weighted by molar-refractivity contribution is 5.41. The van der Waals surface area contributed by atoms with Crippen molar-refractivity contribution in [3.63, 3.8) is 0 Å². The van der Waals surface area contributed by atoms with Gasteiger partial charge in [0.15, 0.2) is 0 Å². The van der Waals surface area contributed by atoms with Crippen LogP contribution in [0.4, 0.5) is 0 Å². The summed E-state index contributed by atoms with van der Waals surface area (Å²) in [5, 5.41) is 0. The molecular weight excluding hydrogens is 144 g/mol. The third kappa shape index (κ3) is 1.48. The summed E-state index contributed by atoms with van der Waals surface area (Å²) in [5.41, 5.74) is 5.05. The molecule has 12 heavy (non-hydrogen) atoms. The van der Waals surface area contributed by atoms with Crippen molar-refractivity contribution in [2.75, 3.05) is 0 Å². The van der Waals surface area contributed by atoms with Crippen molar-refractivity contribution in [3.8, 4) is 0 Å². The molecule has 2 rings (SSSR count). The first kappa shape index (κ1) is 8.10. The predicted octanol–water partition coefficient (Wildman–Crippen LogP) is 3.99. The zero-order valence-electron chi connectivity index (χ0n) is 8.03. The minimum Gasteiger partial charge on any atom is -0.0770 e. The van der Waals surface area contributed by atoms with Crippen LogP contribution < -0.4 is 0 Å². The minimum absolute atomic E-state index is 1.24. The summed E-state index contributed by atoms with van der Waals surface area (Å²) < 4.78 is 0. The lowest BCUT2D eigenvalue weighted by molar-refractivity contribution is 0.614. The van der Waals surface area contributed by atoms with E-state index in [1.165, 1.54) is 44.9 Å². The SMILES string of the molecule is CC1=C2CCCCCCC2=CC1. The van der Waals surface area contributed by atoms with Crippen molar-refractivity contribution in [2.24, 2.45) is 0 Å². The molecule has 0 nitrogen and oxygen atoms in total. The lowest BCUT2D eigenvalue weighted by Gasteiger charge is -2.13. The zero-order valence-corrected chi connectivity index (χ0v) is 8.03. The lowest BCUT2D eigenvalue weighted by Crippen LogP contribution is -1.94. The monoisotopic (exact) mass is 162 g/mol. The van der Waals surface area contributed by atoms with E-state index in [1.54, 1.807) is 16.7 Å². The molecule has 0 heterocycles. The van der Waals surface area contributed by atoms with Crippen LogP contribution >= 0.6 is 0 Å². The lowest BCUT2D eigenvalue weighted by atomic mass is 9.92. The summed E-state index contributed by atoms with van der Waals surface area (Å²) in [5.74, 6) is 0. The van der Waals surface area contributed by atoms with Crippen LogP contribution in [0.5, 0.6) is 0 Å². The molecule has 0 N–H and O–H groups in total. The van der Waals surface area contributed by atoms with Crippen molar-refractivity contribution in [1.29, 1.82) is 0 Å². The van der Waals surface area contributed by atoms with Crippen LogP contribution in [-0.2, 0) is 0 Å². The number of hydrogen-bond acceptors (Lipinski definition) is 0. The van der Waals surface area contributed by atoms with E-state index in [0.29, 0.717) is 0 Å². The second kappa shape index (κ2) is 3.47. The average Bonchev–Trinajstić information content (AvgIpc) is 2.31. The van der Waals surface area contributed by atoms with Gasteiger partial charge in [0.05, 0.1) is 0 Å². The molecule has 1 saturated carbocycles. The Bertz CT molecular complexity index is 230. The number of fused-ring (bicyclic) bond motifs is 1. The Kier molecular flexibility index (Phi) is 2.34. The Morgan fingerprint density at radius 3 is 2.58 bits per heavy atom. The van der Waals surface area contributed by atoms with Crippen LogP contribution in [0.25, 0.3) is 0 Å². The standard InChI is InChI=1S/C12H18/c1-10-8-9-11-6-4-2-3-5-7-12(10)11/h9H,2-8H2,1H3. The third-order valence-electron chi connectivity index (χ3n) is 3.18. The van der Waals surface area contributed by atoms with Crippen LogP contribution in [0, 0.1) is 0 Å². The Morgan fingerprint density at radius 1 is 1.00 bits per heavy atom. The van der Waals surface area contributed by atoms with E-state index in [0.717, 1.165) is 0 Å². The molecule has 0 aliphatic heterocycles. The van der Waals surface area contributed by atoms with E-state index in [1.807, 2.05) is 0 Å². The van der Waals surface area contributed by atoms with Gasteiger partial charge in [-0.2, -0.15) is 0 Å². The van der Waals surface area contributed by atoms with Gasteiger partial charge in [0.25, 0.3) is 0 Å². The highest BCUT2D eigenvalue weighted by Gasteiger charge is 2.15. The molecule has 0 aromatic carbocycles. The van der Waals surface area contributed by atoms with Crippen molar-refractivity contribution in [1.82, 2.24) is 0 Å². The van der Waals surface area contributed by atoms with Crippen LogP contribution in [0.15, 0.2) is 22.8 Å². The van der Waals surface area contributed by atoms with Gasteiger partial charge in [-0.05, 0) is 50.2 Å².